The number of hydrogen-bond donors (Lipinski definition) is 1. The van der Waals surface area contributed by atoms with Gasteiger partial charge in [-0.2, -0.15) is 5.10 Å². The summed E-state index contributed by atoms with van der Waals surface area (Å²) in [6.45, 7) is 7.05. The Morgan fingerprint density at radius 2 is 2.11 bits per heavy atom. The molecule has 18 heavy (non-hydrogen) atoms. The summed E-state index contributed by atoms with van der Waals surface area (Å²) < 4.78 is 1.80. The molecule has 0 saturated carbocycles. The lowest BCUT2D eigenvalue weighted by Crippen LogP contribution is -2.21. The quantitative estimate of drug-likeness (QED) is 0.917. The number of benzene rings is 1. The van der Waals surface area contributed by atoms with Gasteiger partial charge in [-0.3, -0.25) is 0 Å². The van der Waals surface area contributed by atoms with Crippen molar-refractivity contribution in [2.24, 2.45) is 0 Å². The molecule has 2 rings (SSSR count). The summed E-state index contributed by atoms with van der Waals surface area (Å²) in [7, 11) is 0. The molecule has 1 heterocycles. The van der Waals surface area contributed by atoms with Crippen molar-refractivity contribution in [3.63, 3.8) is 0 Å². The zero-order chi connectivity index (χ0) is 13.1. The van der Waals surface area contributed by atoms with Crippen LogP contribution in [0.3, 0.4) is 0 Å². The summed E-state index contributed by atoms with van der Waals surface area (Å²) in [4.78, 5) is 0. The first kappa shape index (κ1) is 13.1. The van der Waals surface area contributed by atoms with E-state index in [1.807, 2.05) is 31.3 Å². The molecule has 0 radical (unpaired) electrons. The Morgan fingerprint density at radius 1 is 1.33 bits per heavy atom. The maximum atomic E-state index is 6.30. The third-order valence-corrected chi connectivity index (χ3v) is 3.00. The summed E-state index contributed by atoms with van der Waals surface area (Å²) >= 11 is 6.30. The molecule has 0 atom stereocenters. The van der Waals surface area contributed by atoms with Gasteiger partial charge in [0.05, 0.1) is 16.4 Å². The molecule has 3 nitrogen and oxygen atoms in total. The predicted octanol–water partition coefficient (Wildman–Crippen LogP) is 3.33. The van der Waals surface area contributed by atoms with E-state index in [-0.39, 0.29) is 0 Å². The number of halogens is 1. The van der Waals surface area contributed by atoms with Gasteiger partial charge in [-0.25, -0.2) is 4.68 Å². The highest BCUT2D eigenvalue weighted by molar-refractivity contribution is 6.32. The van der Waals surface area contributed by atoms with E-state index in [0.717, 1.165) is 22.9 Å². The summed E-state index contributed by atoms with van der Waals surface area (Å²) in [6, 6.07) is 8.50. The molecule has 0 aliphatic rings. The first-order valence-corrected chi connectivity index (χ1v) is 6.48. The second-order valence-electron chi connectivity index (χ2n) is 4.72. The first-order chi connectivity index (χ1) is 8.56. The van der Waals surface area contributed by atoms with Crippen molar-refractivity contribution in [2.45, 2.75) is 33.4 Å². The van der Waals surface area contributed by atoms with Gasteiger partial charge in [0.2, 0.25) is 0 Å². The molecule has 1 aromatic heterocycles. The normalized spacial score (nSPS) is 11.2. The molecular weight excluding hydrogens is 246 g/mol. The molecule has 96 valence electrons. The van der Waals surface area contributed by atoms with Crippen molar-refractivity contribution in [3.8, 4) is 5.69 Å². The van der Waals surface area contributed by atoms with Crippen molar-refractivity contribution in [1.82, 2.24) is 15.1 Å². The minimum absolute atomic E-state index is 0.470. The lowest BCUT2D eigenvalue weighted by atomic mass is 10.2. The van der Waals surface area contributed by atoms with Gasteiger partial charge in [0.15, 0.2) is 0 Å². The summed E-state index contributed by atoms with van der Waals surface area (Å²) in [5, 5.41) is 8.46. The molecule has 0 amide bonds. The Bertz CT molecular complexity index is 532. The monoisotopic (exact) mass is 263 g/mol. The van der Waals surface area contributed by atoms with Crippen molar-refractivity contribution >= 4 is 11.6 Å². The Balaban J connectivity index is 2.20. The van der Waals surface area contributed by atoms with Crippen molar-refractivity contribution in [3.05, 3.63) is 46.7 Å². The lowest BCUT2D eigenvalue weighted by Gasteiger charge is -2.10. The number of nitrogens with one attached hydrogen (secondary N) is 1. The van der Waals surface area contributed by atoms with E-state index in [1.165, 1.54) is 5.56 Å². The van der Waals surface area contributed by atoms with Crippen LogP contribution in [0.25, 0.3) is 5.69 Å². The van der Waals surface area contributed by atoms with Crippen LogP contribution in [0.2, 0.25) is 5.02 Å². The molecule has 0 aliphatic heterocycles. The summed E-state index contributed by atoms with van der Waals surface area (Å²) in [6.07, 6.45) is 1.92. The third-order valence-electron chi connectivity index (χ3n) is 2.70. The Hall–Kier alpha value is -1.32. The van der Waals surface area contributed by atoms with Gasteiger partial charge in [-0.1, -0.05) is 31.5 Å². The van der Waals surface area contributed by atoms with E-state index in [2.05, 4.69) is 30.3 Å². The van der Waals surface area contributed by atoms with E-state index < -0.39 is 0 Å². The smallest absolute Gasteiger partial charge is 0.0832 e. The van der Waals surface area contributed by atoms with Crippen LogP contribution in [-0.4, -0.2) is 15.8 Å². The van der Waals surface area contributed by atoms with Crippen LogP contribution in [0, 0.1) is 6.92 Å². The van der Waals surface area contributed by atoms with Gasteiger partial charge in [0.25, 0.3) is 0 Å². The van der Waals surface area contributed by atoms with E-state index >= 15 is 0 Å². The summed E-state index contributed by atoms with van der Waals surface area (Å²) in [5.41, 5.74) is 3.08. The van der Waals surface area contributed by atoms with Crippen LogP contribution >= 0.6 is 11.6 Å². The highest BCUT2D eigenvalue weighted by Crippen LogP contribution is 2.21. The number of hydrogen-bond acceptors (Lipinski definition) is 2. The zero-order valence-electron chi connectivity index (χ0n) is 10.9. The number of aromatic nitrogens is 2. The molecule has 0 spiro atoms. The van der Waals surface area contributed by atoms with Crippen LogP contribution in [-0.2, 0) is 6.54 Å². The molecule has 2 aromatic rings. The van der Waals surface area contributed by atoms with Gasteiger partial charge in [-0.15, -0.1) is 0 Å². The fourth-order valence-corrected chi connectivity index (χ4v) is 2.01. The minimum Gasteiger partial charge on any atom is -0.310 e. The van der Waals surface area contributed by atoms with E-state index in [9.17, 15) is 0 Å². The molecule has 0 bridgehead atoms. The van der Waals surface area contributed by atoms with Crippen LogP contribution in [0.1, 0.15) is 25.1 Å². The predicted molar refractivity (Wildman–Crippen MR) is 75.3 cm³/mol. The number of nitrogens with zero attached hydrogens (tertiary/aromatic N) is 2. The zero-order valence-corrected chi connectivity index (χ0v) is 11.7. The molecule has 0 fully saturated rings. The lowest BCUT2D eigenvalue weighted by molar-refractivity contribution is 0.589. The highest BCUT2D eigenvalue weighted by atomic mass is 35.5. The average molecular weight is 264 g/mol. The average Bonchev–Trinajstić information content (AvgIpc) is 2.73. The maximum Gasteiger partial charge on any atom is 0.0832 e. The molecule has 4 heteroatoms. The SMILES string of the molecule is Cc1ccn(-c2ccc(CNC(C)C)cc2Cl)n1. The number of rotatable bonds is 4. The van der Waals surface area contributed by atoms with E-state index in [0.29, 0.717) is 6.04 Å². The van der Waals surface area contributed by atoms with Gasteiger partial charge < -0.3 is 5.32 Å². The Labute approximate surface area is 113 Å². The molecule has 1 N–H and O–H groups in total. The number of aryl methyl sites for hydroxylation is 1. The van der Waals surface area contributed by atoms with Crippen LogP contribution in [0.5, 0.6) is 0 Å². The van der Waals surface area contributed by atoms with Crippen molar-refractivity contribution in [1.29, 1.82) is 0 Å². The van der Waals surface area contributed by atoms with Gasteiger partial charge in [0, 0.05) is 18.8 Å². The minimum atomic E-state index is 0.470. The molecule has 0 aliphatic carbocycles. The standard InChI is InChI=1S/C14H18ClN3/c1-10(2)16-9-12-4-5-14(13(15)8-12)18-7-6-11(3)17-18/h4-8,10,16H,9H2,1-3H3. The van der Waals surface area contributed by atoms with E-state index in [4.69, 9.17) is 11.6 Å². The fourth-order valence-electron chi connectivity index (χ4n) is 1.72. The largest absolute Gasteiger partial charge is 0.310 e. The van der Waals surface area contributed by atoms with Gasteiger partial charge in [0.1, 0.15) is 0 Å². The van der Waals surface area contributed by atoms with Gasteiger partial charge >= 0.3 is 0 Å². The van der Waals surface area contributed by atoms with Crippen LogP contribution in [0.4, 0.5) is 0 Å². The first-order valence-electron chi connectivity index (χ1n) is 6.10. The molecule has 0 saturated heterocycles. The van der Waals surface area contributed by atoms with Crippen LogP contribution in [0.15, 0.2) is 30.5 Å². The molecular formula is C14H18ClN3. The Kier molecular flexibility index (Phi) is 4.04. The van der Waals surface area contributed by atoms with Crippen molar-refractivity contribution < 1.29 is 0 Å². The topological polar surface area (TPSA) is 29.9 Å². The fraction of sp³-hybridized carbons (Fsp3) is 0.357. The summed E-state index contributed by atoms with van der Waals surface area (Å²) in [5.74, 6) is 0. The Morgan fingerprint density at radius 3 is 2.67 bits per heavy atom. The maximum absolute atomic E-state index is 6.30. The van der Waals surface area contributed by atoms with Crippen LogP contribution < -0.4 is 5.32 Å². The van der Waals surface area contributed by atoms with Crippen molar-refractivity contribution in [2.75, 3.05) is 0 Å². The molecule has 1 aromatic carbocycles. The second-order valence-corrected chi connectivity index (χ2v) is 5.13. The van der Waals surface area contributed by atoms with E-state index in [1.54, 1.807) is 4.68 Å². The van der Waals surface area contributed by atoms with Gasteiger partial charge in [-0.05, 0) is 30.7 Å². The third kappa shape index (κ3) is 3.12. The molecule has 0 unspecified atom stereocenters. The highest BCUT2D eigenvalue weighted by Gasteiger charge is 2.05. The second kappa shape index (κ2) is 5.55.